The minimum atomic E-state index is -0.896. The molecule has 0 aliphatic rings. The molecular weight excluding hydrogens is 260 g/mol. The number of carboxylic acids is 1. The van der Waals surface area contributed by atoms with Crippen molar-refractivity contribution in [2.45, 2.75) is 27.7 Å². The Bertz CT molecular complexity index is 536. The molecule has 0 amide bonds. The van der Waals surface area contributed by atoms with Crippen LogP contribution in [0.5, 0.6) is 0 Å². The van der Waals surface area contributed by atoms with Crippen LogP contribution in [-0.2, 0) is 4.79 Å². The molecule has 0 rings (SSSR count). The first-order valence-electron chi connectivity index (χ1n) is 6.87. The molecule has 21 heavy (non-hydrogen) atoms. The fourth-order valence-electron chi connectivity index (χ4n) is 1.26. The molecule has 0 aromatic carbocycles. The van der Waals surface area contributed by atoms with Gasteiger partial charge in [-0.2, -0.15) is 0 Å². The molecule has 0 saturated carbocycles. The first-order chi connectivity index (χ1) is 9.97. The summed E-state index contributed by atoms with van der Waals surface area (Å²) in [4.78, 5) is 10.6. The predicted octanol–water partition coefficient (Wildman–Crippen LogP) is 5.15. The second-order valence-electron chi connectivity index (χ2n) is 4.61. The van der Waals surface area contributed by atoms with E-state index in [0.717, 1.165) is 5.57 Å². The Morgan fingerprint density at radius 2 is 1.29 bits per heavy atom. The third kappa shape index (κ3) is 11.2. The van der Waals surface area contributed by atoms with E-state index in [9.17, 15) is 4.79 Å². The maximum absolute atomic E-state index is 10.6. The minimum absolute atomic E-state index is 0.320. The van der Waals surface area contributed by atoms with Crippen molar-refractivity contribution < 1.29 is 9.90 Å². The Balaban J connectivity index is 4.50. The highest BCUT2D eigenvalue weighted by Gasteiger charge is 1.95. The van der Waals surface area contributed by atoms with Crippen molar-refractivity contribution in [3.63, 3.8) is 0 Å². The highest BCUT2D eigenvalue weighted by atomic mass is 16.4. The van der Waals surface area contributed by atoms with Gasteiger partial charge in [0.05, 0.1) is 0 Å². The first kappa shape index (κ1) is 18.7. The van der Waals surface area contributed by atoms with E-state index in [1.54, 1.807) is 19.1 Å². The van der Waals surface area contributed by atoms with Crippen LogP contribution in [0.4, 0.5) is 0 Å². The van der Waals surface area contributed by atoms with Crippen molar-refractivity contribution in [2.24, 2.45) is 0 Å². The van der Waals surface area contributed by atoms with Gasteiger partial charge in [-0.15, -0.1) is 0 Å². The second kappa shape index (κ2) is 11.5. The molecule has 0 saturated heterocycles. The SMILES string of the molecule is C\C=C/C=C/C(C)=C/C=C/C=C(C)/C=C/C=C(\C)C(=O)O. The Morgan fingerprint density at radius 3 is 1.76 bits per heavy atom. The Kier molecular flexibility index (Phi) is 10.2. The molecule has 0 aromatic heterocycles. The number of allylic oxidation sites excluding steroid dienone is 13. The van der Waals surface area contributed by atoms with Gasteiger partial charge in [0.1, 0.15) is 0 Å². The van der Waals surface area contributed by atoms with Gasteiger partial charge in [0.15, 0.2) is 0 Å². The summed E-state index contributed by atoms with van der Waals surface area (Å²) in [6, 6.07) is 0. The maximum Gasteiger partial charge on any atom is 0.331 e. The molecule has 2 heteroatoms. The molecule has 2 nitrogen and oxygen atoms in total. The summed E-state index contributed by atoms with van der Waals surface area (Å²) in [7, 11) is 0. The summed E-state index contributed by atoms with van der Waals surface area (Å²) in [5, 5.41) is 8.71. The normalized spacial score (nSPS) is 15.1. The lowest BCUT2D eigenvalue weighted by atomic mass is 10.2. The lowest BCUT2D eigenvalue weighted by Gasteiger charge is -1.90. The molecule has 0 heterocycles. The van der Waals surface area contributed by atoms with Crippen LogP contribution in [0.2, 0.25) is 0 Å². The Morgan fingerprint density at radius 1 is 0.762 bits per heavy atom. The summed E-state index contributed by atoms with van der Waals surface area (Å²) < 4.78 is 0. The molecule has 0 aliphatic heterocycles. The van der Waals surface area contributed by atoms with Gasteiger partial charge in [0.25, 0.3) is 0 Å². The van der Waals surface area contributed by atoms with Gasteiger partial charge in [0.2, 0.25) is 0 Å². The molecular formula is C19H24O2. The molecule has 0 spiro atoms. The van der Waals surface area contributed by atoms with E-state index in [2.05, 4.69) is 0 Å². The topological polar surface area (TPSA) is 37.3 Å². The molecule has 0 radical (unpaired) electrons. The van der Waals surface area contributed by atoms with E-state index < -0.39 is 5.97 Å². The standard InChI is InChI=1S/C19H24O2/c1-5-6-7-11-16(2)12-8-9-13-17(3)14-10-15-18(4)19(20)21/h5-15H,1-4H3,(H,20,21)/b6-5-,9-8+,11-7+,14-10+,16-12+,17-13+,18-15+. The van der Waals surface area contributed by atoms with Gasteiger partial charge in [-0.25, -0.2) is 4.79 Å². The van der Waals surface area contributed by atoms with E-state index in [4.69, 9.17) is 5.11 Å². The predicted molar refractivity (Wildman–Crippen MR) is 91.1 cm³/mol. The van der Waals surface area contributed by atoms with Crippen LogP contribution in [0.3, 0.4) is 0 Å². The van der Waals surface area contributed by atoms with Crippen LogP contribution in [0.1, 0.15) is 27.7 Å². The summed E-state index contributed by atoms with van der Waals surface area (Å²) in [6.45, 7) is 7.56. The van der Waals surface area contributed by atoms with Crippen LogP contribution in [0.15, 0.2) is 83.6 Å². The number of carbonyl (C=O) groups is 1. The average molecular weight is 284 g/mol. The van der Waals surface area contributed by atoms with Crippen LogP contribution in [0.25, 0.3) is 0 Å². The van der Waals surface area contributed by atoms with Gasteiger partial charge >= 0.3 is 5.97 Å². The van der Waals surface area contributed by atoms with Crippen LogP contribution in [-0.4, -0.2) is 11.1 Å². The van der Waals surface area contributed by atoms with Crippen molar-refractivity contribution >= 4 is 5.97 Å². The van der Waals surface area contributed by atoms with Crippen LogP contribution >= 0.6 is 0 Å². The Labute approximate surface area is 127 Å². The number of hydrogen-bond acceptors (Lipinski definition) is 1. The Hall–Kier alpha value is -2.35. The summed E-state index contributed by atoms with van der Waals surface area (Å²) in [6.07, 6.45) is 21.2. The van der Waals surface area contributed by atoms with Crippen LogP contribution < -0.4 is 0 Å². The smallest absolute Gasteiger partial charge is 0.331 e. The summed E-state index contributed by atoms with van der Waals surface area (Å²) >= 11 is 0. The quantitative estimate of drug-likeness (QED) is 0.518. The second-order valence-corrected chi connectivity index (χ2v) is 4.61. The monoisotopic (exact) mass is 284 g/mol. The lowest BCUT2D eigenvalue weighted by molar-refractivity contribution is -0.132. The van der Waals surface area contributed by atoms with Crippen molar-refractivity contribution in [2.75, 3.05) is 0 Å². The van der Waals surface area contributed by atoms with Gasteiger partial charge in [-0.1, -0.05) is 78.0 Å². The van der Waals surface area contributed by atoms with Crippen LogP contribution in [0, 0.1) is 0 Å². The highest BCUT2D eigenvalue weighted by Crippen LogP contribution is 2.00. The average Bonchev–Trinajstić information content (AvgIpc) is 2.43. The zero-order valence-corrected chi connectivity index (χ0v) is 13.2. The van der Waals surface area contributed by atoms with Gasteiger partial charge < -0.3 is 5.11 Å². The summed E-state index contributed by atoms with van der Waals surface area (Å²) in [5.74, 6) is -0.896. The molecule has 1 N–H and O–H groups in total. The van der Waals surface area contributed by atoms with Crippen molar-refractivity contribution in [3.05, 3.63) is 83.6 Å². The molecule has 112 valence electrons. The molecule has 0 aliphatic carbocycles. The fraction of sp³-hybridized carbons (Fsp3) is 0.211. The third-order valence-corrected chi connectivity index (χ3v) is 2.53. The zero-order chi connectivity index (χ0) is 16.1. The highest BCUT2D eigenvalue weighted by molar-refractivity contribution is 5.86. The van der Waals surface area contributed by atoms with E-state index in [0.29, 0.717) is 5.57 Å². The summed E-state index contributed by atoms with van der Waals surface area (Å²) in [5.41, 5.74) is 2.54. The van der Waals surface area contributed by atoms with Gasteiger partial charge in [-0.3, -0.25) is 0 Å². The zero-order valence-electron chi connectivity index (χ0n) is 13.2. The molecule has 0 fully saturated rings. The molecule has 0 atom stereocenters. The molecule has 0 bridgehead atoms. The first-order valence-corrected chi connectivity index (χ1v) is 6.87. The molecule has 0 unspecified atom stereocenters. The van der Waals surface area contributed by atoms with Crippen molar-refractivity contribution in [3.8, 4) is 0 Å². The fourth-order valence-corrected chi connectivity index (χ4v) is 1.26. The lowest BCUT2D eigenvalue weighted by Crippen LogP contribution is -1.94. The maximum atomic E-state index is 10.6. The van der Waals surface area contributed by atoms with Crippen molar-refractivity contribution in [1.29, 1.82) is 0 Å². The number of hydrogen-bond donors (Lipinski definition) is 1. The molecule has 0 aromatic rings. The number of carboxylic acid groups (broad SMARTS) is 1. The number of aliphatic carboxylic acids is 1. The van der Waals surface area contributed by atoms with Gasteiger partial charge in [0, 0.05) is 5.57 Å². The van der Waals surface area contributed by atoms with E-state index in [-0.39, 0.29) is 0 Å². The van der Waals surface area contributed by atoms with E-state index in [1.165, 1.54) is 5.57 Å². The number of rotatable bonds is 7. The van der Waals surface area contributed by atoms with E-state index >= 15 is 0 Å². The third-order valence-electron chi connectivity index (χ3n) is 2.53. The van der Waals surface area contributed by atoms with Gasteiger partial charge in [-0.05, 0) is 27.7 Å². The minimum Gasteiger partial charge on any atom is -0.478 e. The van der Waals surface area contributed by atoms with Crippen molar-refractivity contribution in [1.82, 2.24) is 0 Å². The van der Waals surface area contributed by atoms with E-state index in [1.807, 2.05) is 75.5 Å². The largest absolute Gasteiger partial charge is 0.478 e.